The average molecular weight is 430 g/mol. The molecular weight excluding hydrogens is 401 g/mol. The van der Waals surface area contributed by atoms with E-state index < -0.39 is 6.36 Å². The number of allylic oxidation sites excluding steroid dienone is 4. The number of aryl methyl sites for hydroxylation is 1. The highest BCUT2D eigenvalue weighted by Crippen LogP contribution is 2.39. The topological polar surface area (TPSA) is 45.4 Å². The SMILES string of the molecule is C=C(N=CCCCCc1ccc(OC(F)(F)F)cc1)C1=CCC(C(C#N)C2=C[CH]2)CC1.[HH]. The normalized spacial score (nSPS) is 19.4. The summed E-state index contributed by atoms with van der Waals surface area (Å²) < 4.78 is 40.4. The van der Waals surface area contributed by atoms with Crippen LogP contribution in [0.5, 0.6) is 5.75 Å². The van der Waals surface area contributed by atoms with Gasteiger partial charge in [0, 0.05) is 14.1 Å². The molecule has 2 aliphatic rings. The van der Waals surface area contributed by atoms with Crippen molar-refractivity contribution in [2.75, 3.05) is 0 Å². The van der Waals surface area contributed by atoms with Crippen LogP contribution in [-0.4, -0.2) is 12.6 Å². The summed E-state index contributed by atoms with van der Waals surface area (Å²) in [6, 6.07) is 8.43. The van der Waals surface area contributed by atoms with E-state index in [2.05, 4.69) is 28.5 Å². The predicted molar refractivity (Wildman–Crippen MR) is 117 cm³/mol. The molecule has 2 unspecified atom stereocenters. The Bertz CT molecular complexity index is 911. The molecule has 0 N–H and O–H groups in total. The predicted octanol–water partition coefficient (Wildman–Crippen LogP) is 7.14. The summed E-state index contributed by atoms with van der Waals surface area (Å²) in [5.74, 6) is 0.198. The highest BCUT2D eigenvalue weighted by atomic mass is 19.4. The van der Waals surface area contributed by atoms with Crippen LogP contribution in [0.2, 0.25) is 0 Å². The Labute approximate surface area is 183 Å². The first-order valence-electron chi connectivity index (χ1n) is 10.6. The third-order valence-corrected chi connectivity index (χ3v) is 5.60. The van der Waals surface area contributed by atoms with Crippen molar-refractivity contribution in [3.63, 3.8) is 0 Å². The van der Waals surface area contributed by atoms with Gasteiger partial charge in [-0.3, -0.25) is 4.99 Å². The van der Waals surface area contributed by atoms with E-state index in [1.54, 1.807) is 12.1 Å². The number of rotatable bonds is 10. The van der Waals surface area contributed by atoms with Crippen LogP contribution in [0.25, 0.3) is 0 Å². The molecule has 31 heavy (non-hydrogen) atoms. The number of nitrogens with zero attached hydrogens (tertiary/aromatic N) is 2. The van der Waals surface area contributed by atoms with Gasteiger partial charge in [0.1, 0.15) is 5.75 Å². The van der Waals surface area contributed by atoms with E-state index in [1.807, 2.05) is 18.7 Å². The van der Waals surface area contributed by atoms with Crippen LogP contribution < -0.4 is 4.74 Å². The average Bonchev–Trinajstić information content (AvgIpc) is 3.57. The van der Waals surface area contributed by atoms with Crippen molar-refractivity contribution in [3.05, 3.63) is 71.8 Å². The molecule has 3 nitrogen and oxygen atoms in total. The molecule has 0 fully saturated rings. The molecule has 2 aliphatic carbocycles. The van der Waals surface area contributed by atoms with E-state index in [4.69, 9.17) is 0 Å². The molecule has 3 rings (SSSR count). The van der Waals surface area contributed by atoms with Gasteiger partial charge in [0.25, 0.3) is 0 Å². The van der Waals surface area contributed by atoms with E-state index in [1.165, 1.54) is 23.3 Å². The highest BCUT2D eigenvalue weighted by molar-refractivity contribution is 5.60. The third-order valence-electron chi connectivity index (χ3n) is 5.60. The summed E-state index contributed by atoms with van der Waals surface area (Å²) in [7, 11) is 0. The Hall–Kier alpha value is -2.81. The van der Waals surface area contributed by atoms with Crippen molar-refractivity contribution < 1.29 is 19.3 Å². The number of alkyl halides is 3. The second-order valence-corrected chi connectivity index (χ2v) is 7.90. The number of unbranched alkanes of at least 4 members (excludes halogenated alkanes) is 2. The van der Waals surface area contributed by atoms with Crippen LogP contribution in [0.4, 0.5) is 13.2 Å². The maximum atomic E-state index is 12.2. The maximum Gasteiger partial charge on any atom is 0.573 e. The number of benzene rings is 1. The van der Waals surface area contributed by atoms with Crippen molar-refractivity contribution >= 4 is 6.21 Å². The molecule has 0 saturated carbocycles. The lowest BCUT2D eigenvalue weighted by molar-refractivity contribution is -0.274. The van der Waals surface area contributed by atoms with E-state index in [0.29, 0.717) is 5.92 Å². The standard InChI is InChI=1S/C25H26F3N2O.H2/c1-18(20-8-10-21(11-9-20)24(17-29)22-12-13-22)30-16-4-2-3-5-19-6-14-23(15-7-19)31-25(26,27)28;/h6-8,12-16,21,24H,1-5,9-11H2;1H. The van der Waals surface area contributed by atoms with Gasteiger partial charge in [0.2, 0.25) is 0 Å². The smallest absolute Gasteiger partial charge is 0.406 e. The molecule has 0 amide bonds. The first-order valence-corrected chi connectivity index (χ1v) is 10.6. The fourth-order valence-electron chi connectivity index (χ4n) is 3.81. The second kappa shape index (κ2) is 10.5. The monoisotopic (exact) mass is 429 g/mol. The lowest BCUT2D eigenvalue weighted by Crippen LogP contribution is -2.17. The van der Waals surface area contributed by atoms with Gasteiger partial charge in [-0.05, 0) is 79.7 Å². The summed E-state index contributed by atoms with van der Waals surface area (Å²) in [6.07, 6.45) is 9.70. The summed E-state index contributed by atoms with van der Waals surface area (Å²) in [5.41, 5.74) is 4.11. The minimum Gasteiger partial charge on any atom is -0.406 e. The van der Waals surface area contributed by atoms with Crippen LogP contribution >= 0.6 is 0 Å². The zero-order valence-electron chi connectivity index (χ0n) is 17.4. The van der Waals surface area contributed by atoms with Gasteiger partial charge in [-0.15, -0.1) is 13.2 Å². The van der Waals surface area contributed by atoms with Crippen LogP contribution in [0, 0.1) is 29.6 Å². The zero-order chi connectivity index (χ0) is 22.3. The van der Waals surface area contributed by atoms with E-state index in [-0.39, 0.29) is 13.1 Å². The Kier molecular flexibility index (Phi) is 7.73. The minimum atomic E-state index is -4.66. The molecule has 0 spiro atoms. The molecule has 0 saturated heterocycles. The minimum absolute atomic E-state index is 0. The Balaban J connectivity index is 0.00000363. The maximum absolute atomic E-state index is 12.2. The van der Waals surface area contributed by atoms with Gasteiger partial charge < -0.3 is 4.74 Å². The van der Waals surface area contributed by atoms with Gasteiger partial charge in [-0.2, -0.15) is 5.26 Å². The second-order valence-electron chi connectivity index (χ2n) is 7.90. The van der Waals surface area contributed by atoms with Crippen molar-refractivity contribution in [3.8, 4) is 11.8 Å². The van der Waals surface area contributed by atoms with Gasteiger partial charge >= 0.3 is 6.36 Å². The summed E-state index contributed by atoms with van der Waals surface area (Å²) in [4.78, 5) is 4.48. The van der Waals surface area contributed by atoms with Crippen molar-refractivity contribution in [1.82, 2.24) is 0 Å². The molecular formula is C25H28F3N2O. The van der Waals surface area contributed by atoms with E-state index in [9.17, 15) is 18.4 Å². The first-order chi connectivity index (χ1) is 14.9. The third kappa shape index (κ3) is 7.43. The fraction of sp³-hybridized carbons (Fsp3) is 0.400. The van der Waals surface area contributed by atoms with Crippen LogP contribution in [0.1, 0.15) is 45.5 Å². The van der Waals surface area contributed by atoms with Crippen LogP contribution in [0.15, 0.2) is 64.8 Å². The van der Waals surface area contributed by atoms with Crippen LogP contribution in [-0.2, 0) is 6.42 Å². The zero-order valence-corrected chi connectivity index (χ0v) is 17.4. The van der Waals surface area contributed by atoms with Crippen molar-refractivity contribution in [2.24, 2.45) is 16.8 Å². The molecule has 0 aromatic heterocycles. The van der Waals surface area contributed by atoms with E-state index >= 15 is 0 Å². The molecule has 0 heterocycles. The molecule has 1 aromatic rings. The number of hydrogen-bond donors (Lipinski definition) is 0. The Morgan fingerprint density at radius 1 is 1.32 bits per heavy atom. The number of nitriles is 1. The fourth-order valence-corrected chi connectivity index (χ4v) is 3.81. The Morgan fingerprint density at radius 2 is 2.06 bits per heavy atom. The molecule has 6 heteroatoms. The van der Waals surface area contributed by atoms with Crippen LogP contribution in [0.3, 0.4) is 0 Å². The van der Waals surface area contributed by atoms with Gasteiger partial charge in [-0.25, -0.2) is 0 Å². The molecule has 2 atom stereocenters. The molecule has 0 aliphatic heterocycles. The first kappa shape index (κ1) is 22.9. The summed E-state index contributed by atoms with van der Waals surface area (Å²) in [5, 5.41) is 9.36. The van der Waals surface area contributed by atoms with E-state index in [0.717, 1.165) is 56.2 Å². The molecule has 1 aromatic carbocycles. The van der Waals surface area contributed by atoms with Crippen molar-refractivity contribution in [2.45, 2.75) is 51.3 Å². The lowest BCUT2D eigenvalue weighted by atomic mass is 9.79. The quantitative estimate of drug-likeness (QED) is 0.293. The number of ether oxygens (including phenoxy) is 1. The number of halogens is 3. The largest absolute Gasteiger partial charge is 0.573 e. The Morgan fingerprint density at radius 3 is 2.65 bits per heavy atom. The van der Waals surface area contributed by atoms with Crippen molar-refractivity contribution in [1.29, 1.82) is 5.26 Å². The summed E-state index contributed by atoms with van der Waals surface area (Å²) in [6.45, 7) is 4.07. The number of aliphatic imine (C=N–C) groups is 1. The number of hydrogen-bond acceptors (Lipinski definition) is 3. The summed E-state index contributed by atoms with van der Waals surface area (Å²) >= 11 is 0. The molecule has 0 bridgehead atoms. The lowest BCUT2D eigenvalue weighted by Gasteiger charge is -2.24. The molecule has 165 valence electrons. The highest BCUT2D eigenvalue weighted by Gasteiger charge is 2.31. The van der Waals surface area contributed by atoms with Gasteiger partial charge in [0.05, 0.1) is 17.7 Å². The van der Waals surface area contributed by atoms with Gasteiger partial charge in [0.15, 0.2) is 0 Å². The molecule has 1 radical (unpaired) electrons. The van der Waals surface area contributed by atoms with Gasteiger partial charge in [-0.1, -0.05) is 30.9 Å².